The zero-order valence-corrected chi connectivity index (χ0v) is 13.2. The number of carbonyl (C=O) groups excluding carboxylic acids is 1. The van der Waals surface area contributed by atoms with Gasteiger partial charge in [0.15, 0.2) is 0 Å². The van der Waals surface area contributed by atoms with Crippen LogP contribution in [0.25, 0.3) is 0 Å². The second-order valence-corrected chi connectivity index (χ2v) is 5.27. The minimum atomic E-state index is -0.939. The first-order valence-corrected chi connectivity index (χ1v) is 7.20. The number of carboxylic acids is 1. The number of carboxylic acid groups (broad SMARTS) is 1. The summed E-state index contributed by atoms with van der Waals surface area (Å²) in [5, 5.41) is 9.18. The Morgan fingerprint density at radius 3 is 2.57 bits per heavy atom. The minimum Gasteiger partial charge on any atom is -0.490 e. The largest absolute Gasteiger partial charge is 0.490 e. The summed E-state index contributed by atoms with van der Waals surface area (Å²) in [6.45, 7) is 6.10. The molecule has 6 heteroatoms. The fraction of sp³-hybridized carbons (Fsp3) is 0.467. The Balaban J connectivity index is 3.02. The van der Waals surface area contributed by atoms with Gasteiger partial charge in [-0.05, 0) is 39.0 Å². The average Bonchev–Trinajstić information content (AvgIpc) is 2.40. The molecule has 1 aromatic carbocycles. The van der Waals surface area contributed by atoms with E-state index in [1.54, 1.807) is 25.1 Å². The molecule has 0 saturated carbocycles. The normalized spacial score (nSPS) is 10.5. The van der Waals surface area contributed by atoms with Gasteiger partial charge in [0.2, 0.25) is 0 Å². The van der Waals surface area contributed by atoms with Gasteiger partial charge in [-0.2, -0.15) is 0 Å². The van der Waals surface area contributed by atoms with Crippen molar-refractivity contribution >= 4 is 23.5 Å². The van der Waals surface area contributed by atoms with Crippen LogP contribution in [0.3, 0.4) is 0 Å². The van der Waals surface area contributed by atoms with Gasteiger partial charge in [0.25, 0.3) is 5.91 Å². The van der Waals surface area contributed by atoms with Crippen LogP contribution in [0.1, 0.15) is 37.6 Å². The van der Waals surface area contributed by atoms with Crippen LogP contribution >= 0.6 is 11.6 Å². The SMILES string of the molecule is CCN(CCC(=O)O)C(=O)c1cc(Cl)ccc1OC(C)C. The van der Waals surface area contributed by atoms with Gasteiger partial charge in [-0.15, -0.1) is 0 Å². The van der Waals surface area contributed by atoms with Crippen molar-refractivity contribution in [3.05, 3.63) is 28.8 Å². The molecule has 1 amide bonds. The third-order valence-corrected chi connectivity index (χ3v) is 3.03. The molecule has 0 bridgehead atoms. The zero-order valence-electron chi connectivity index (χ0n) is 12.4. The molecule has 0 spiro atoms. The third kappa shape index (κ3) is 5.27. The number of hydrogen-bond donors (Lipinski definition) is 1. The number of aliphatic carboxylic acids is 1. The maximum atomic E-state index is 12.5. The molecule has 0 fully saturated rings. The van der Waals surface area contributed by atoms with E-state index in [1.807, 2.05) is 13.8 Å². The number of hydrogen-bond acceptors (Lipinski definition) is 3. The third-order valence-electron chi connectivity index (χ3n) is 2.80. The Bertz CT molecular complexity index is 516. The van der Waals surface area contributed by atoms with E-state index in [-0.39, 0.29) is 25.0 Å². The smallest absolute Gasteiger partial charge is 0.305 e. The lowest BCUT2D eigenvalue weighted by molar-refractivity contribution is -0.137. The molecule has 1 N–H and O–H groups in total. The highest BCUT2D eigenvalue weighted by molar-refractivity contribution is 6.31. The summed E-state index contributed by atoms with van der Waals surface area (Å²) in [6.07, 6.45) is -0.174. The van der Waals surface area contributed by atoms with Crippen LogP contribution in [0.4, 0.5) is 0 Å². The molecule has 1 rings (SSSR count). The van der Waals surface area contributed by atoms with Gasteiger partial charge in [0.1, 0.15) is 5.75 Å². The molecule has 0 unspecified atom stereocenters. The lowest BCUT2D eigenvalue weighted by Gasteiger charge is -2.22. The van der Waals surface area contributed by atoms with E-state index in [9.17, 15) is 9.59 Å². The molecule has 0 saturated heterocycles. The molecule has 0 atom stereocenters. The predicted molar refractivity (Wildman–Crippen MR) is 81.0 cm³/mol. The van der Waals surface area contributed by atoms with Crippen LogP contribution in [0.15, 0.2) is 18.2 Å². The van der Waals surface area contributed by atoms with Crippen LogP contribution in [-0.4, -0.2) is 41.1 Å². The molecular formula is C15H20ClNO4. The van der Waals surface area contributed by atoms with Gasteiger partial charge in [0.05, 0.1) is 18.1 Å². The van der Waals surface area contributed by atoms with Crippen LogP contribution in [0.2, 0.25) is 5.02 Å². The Hall–Kier alpha value is -1.75. The van der Waals surface area contributed by atoms with E-state index in [0.29, 0.717) is 22.9 Å². The maximum Gasteiger partial charge on any atom is 0.305 e. The van der Waals surface area contributed by atoms with Crippen LogP contribution in [0.5, 0.6) is 5.75 Å². The molecule has 116 valence electrons. The number of amides is 1. The lowest BCUT2D eigenvalue weighted by Crippen LogP contribution is -2.33. The van der Waals surface area contributed by atoms with E-state index >= 15 is 0 Å². The summed E-state index contributed by atoms with van der Waals surface area (Å²) >= 11 is 5.95. The molecule has 0 aliphatic carbocycles. The van der Waals surface area contributed by atoms with Gasteiger partial charge < -0.3 is 14.7 Å². The molecule has 0 heterocycles. The van der Waals surface area contributed by atoms with Gasteiger partial charge in [0, 0.05) is 18.1 Å². The molecule has 1 aromatic rings. The number of carbonyl (C=O) groups is 2. The average molecular weight is 314 g/mol. The molecular weight excluding hydrogens is 294 g/mol. The first-order valence-electron chi connectivity index (χ1n) is 6.82. The molecule has 0 radical (unpaired) electrons. The molecule has 0 aromatic heterocycles. The fourth-order valence-corrected chi connectivity index (χ4v) is 2.00. The number of rotatable bonds is 7. The fourth-order valence-electron chi connectivity index (χ4n) is 1.83. The molecule has 5 nitrogen and oxygen atoms in total. The van der Waals surface area contributed by atoms with Crippen molar-refractivity contribution in [2.75, 3.05) is 13.1 Å². The van der Waals surface area contributed by atoms with Gasteiger partial charge in [-0.1, -0.05) is 11.6 Å². The van der Waals surface area contributed by atoms with Crippen molar-refractivity contribution in [3.8, 4) is 5.75 Å². The summed E-state index contributed by atoms with van der Waals surface area (Å²) in [5.74, 6) is -0.768. The van der Waals surface area contributed by atoms with Crippen molar-refractivity contribution in [2.24, 2.45) is 0 Å². The highest BCUT2D eigenvalue weighted by Gasteiger charge is 2.20. The van der Waals surface area contributed by atoms with Crippen molar-refractivity contribution in [3.63, 3.8) is 0 Å². The van der Waals surface area contributed by atoms with E-state index in [4.69, 9.17) is 21.4 Å². The predicted octanol–water partition coefficient (Wildman–Crippen LogP) is 3.06. The Kier molecular flexibility index (Phi) is 6.49. The topological polar surface area (TPSA) is 66.8 Å². The van der Waals surface area contributed by atoms with Gasteiger partial charge >= 0.3 is 5.97 Å². The van der Waals surface area contributed by atoms with Crippen molar-refractivity contribution in [1.29, 1.82) is 0 Å². The van der Waals surface area contributed by atoms with Gasteiger partial charge in [-0.3, -0.25) is 9.59 Å². The molecule has 0 aliphatic rings. The second-order valence-electron chi connectivity index (χ2n) is 4.84. The lowest BCUT2D eigenvalue weighted by atomic mass is 10.1. The summed E-state index contributed by atoms with van der Waals surface area (Å²) in [6, 6.07) is 4.86. The summed E-state index contributed by atoms with van der Waals surface area (Å²) in [4.78, 5) is 24.7. The van der Waals surface area contributed by atoms with Crippen molar-refractivity contribution in [1.82, 2.24) is 4.90 Å². The molecule has 21 heavy (non-hydrogen) atoms. The first-order chi connectivity index (χ1) is 9.85. The quantitative estimate of drug-likeness (QED) is 0.840. The summed E-state index contributed by atoms with van der Waals surface area (Å²) in [7, 11) is 0. The van der Waals surface area contributed by atoms with E-state index in [0.717, 1.165) is 0 Å². The van der Waals surface area contributed by atoms with Crippen molar-refractivity contribution in [2.45, 2.75) is 33.3 Å². The standard InChI is InChI=1S/C15H20ClNO4/c1-4-17(8-7-14(18)19)15(20)12-9-11(16)5-6-13(12)21-10(2)3/h5-6,9-10H,4,7-8H2,1-3H3,(H,18,19). The highest BCUT2D eigenvalue weighted by Crippen LogP contribution is 2.25. The highest BCUT2D eigenvalue weighted by atomic mass is 35.5. The van der Waals surface area contributed by atoms with Gasteiger partial charge in [-0.25, -0.2) is 0 Å². The Morgan fingerprint density at radius 2 is 2.05 bits per heavy atom. The zero-order chi connectivity index (χ0) is 16.0. The maximum absolute atomic E-state index is 12.5. The number of ether oxygens (including phenoxy) is 1. The Morgan fingerprint density at radius 1 is 1.38 bits per heavy atom. The van der Waals surface area contributed by atoms with E-state index < -0.39 is 5.97 Å². The van der Waals surface area contributed by atoms with E-state index in [2.05, 4.69) is 0 Å². The molecule has 0 aliphatic heterocycles. The number of benzene rings is 1. The van der Waals surface area contributed by atoms with Crippen molar-refractivity contribution < 1.29 is 19.4 Å². The first kappa shape index (κ1) is 17.3. The van der Waals surface area contributed by atoms with E-state index in [1.165, 1.54) is 4.90 Å². The van der Waals surface area contributed by atoms with Crippen LogP contribution in [-0.2, 0) is 4.79 Å². The number of nitrogens with zero attached hydrogens (tertiary/aromatic N) is 1. The second kappa shape index (κ2) is 7.88. The Labute approximate surface area is 129 Å². The minimum absolute atomic E-state index is 0.0770. The monoisotopic (exact) mass is 313 g/mol. The number of halogens is 1. The van der Waals surface area contributed by atoms with Crippen LogP contribution < -0.4 is 4.74 Å². The summed E-state index contributed by atoms with van der Waals surface area (Å²) < 4.78 is 5.62. The summed E-state index contributed by atoms with van der Waals surface area (Å²) in [5.41, 5.74) is 0.350. The van der Waals surface area contributed by atoms with Crippen LogP contribution in [0, 0.1) is 0 Å².